The van der Waals surface area contributed by atoms with Gasteiger partial charge in [0, 0.05) is 24.5 Å². The molecule has 1 aromatic heterocycles. The van der Waals surface area contributed by atoms with Crippen molar-refractivity contribution in [3.8, 4) is 18.4 Å². The van der Waals surface area contributed by atoms with E-state index in [-0.39, 0.29) is 12.5 Å². The van der Waals surface area contributed by atoms with E-state index in [4.69, 9.17) is 11.7 Å². The van der Waals surface area contributed by atoms with Crippen molar-refractivity contribution in [2.75, 3.05) is 23.8 Å². The van der Waals surface area contributed by atoms with E-state index in [1.54, 1.807) is 48.3 Å². The number of nitrogens with zero attached hydrogens (tertiary/aromatic N) is 3. The van der Waals surface area contributed by atoms with E-state index in [0.29, 0.717) is 22.6 Å². The number of carbonyl (C=O) groups is 1. The molecule has 5 nitrogen and oxygen atoms in total. The van der Waals surface area contributed by atoms with Crippen LogP contribution in [0.5, 0.6) is 0 Å². The zero-order chi connectivity index (χ0) is 15.9. The maximum Gasteiger partial charge on any atom is 0.243 e. The first kappa shape index (κ1) is 15.1. The van der Waals surface area contributed by atoms with Crippen LogP contribution in [0.2, 0.25) is 0 Å². The van der Waals surface area contributed by atoms with Crippen LogP contribution in [0.25, 0.3) is 0 Å². The fourth-order valence-electron chi connectivity index (χ4n) is 1.86. The Morgan fingerprint density at radius 3 is 2.82 bits per heavy atom. The van der Waals surface area contributed by atoms with Crippen molar-refractivity contribution in [1.82, 2.24) is 4.98 Å². The Morgan fingerprint density at radius 1 is 1.36 bits per heavy atom. The minimum absolute atomic E-state index is 0.138. The molecule has 1 N–H and O–H groups in total. The summed E-state index contributed by atoms with van der Waals surface area (Å²) in [5.41, 5.74) is 1.84. The second kappa shape index (κ2) is 6.92. The van der Waals surface area contributed by atoms with Crippen LogP contribution < -0.4 is 10.2 Å². The number of likely N-dealkylation sites (N-methyl/N-ethyl adjacent to an activating group) is 1. The highest BCUT2D eigenvalue weighted by Gasteiger charge is 2.09. The minimum Gasteiger partial charge on any atom is -0.350 e. The third kappa shape index (κ3) is 3.84. The standard InChI is InChI=1S/C17H14N4O/c1-3-13-5-4-6-15(9-13)20-17(22)12-21(2)16-8-7-14(10-18)11-19-16/h1,4-9,11H,12H2,2H3,(H,20,22). The summed E-state index contributed by atoms with van der Waals surface area (Å²) in [6.45, 7) is 0.138. The maximum atomic E-state index is 12.0. The molecule has 0 unspecified atom stereocenters. The molecular formula is C17H14N4O. The van der Waals surface area contributed by atoms with Crippen molar-refractivity contribution in [3.63, 3.8) is 0 Å². The molecule has 2 aromatic rings. The predicted molar refractivity (Wildman–Crippen MR) is 85.2 cm³/mol. The fraction of sp³-hybridized carbons (Fsp3) is 0.118. The lowest BCUT2D eigenvalue weighted by molar-refractivity contribution is -0.114. The van der Waals surface area contributed by atoms with E-state index in [1.165, 1.54) is 6.20 Å². The van der Waals surface area contributed by atoms with Crippen LogP contribution in [0.4, 0.5) is 11.5 Å². The van der Waals surface area contributed by atoms with Gasteiger partial charge in [0.1, 0.15) is 11.9 Å². The number of amides is 1. The molecule has 108 valence electrons. The van der Waals surface area contributed by atoms with Crippen LogP contribution in [-0.2, 0) is 4.79 Å². The number of pyridine rings is 1. The molecule has 0 spiro atoms. The molecule has 0 aliphatic rings. The van der Waals surface area contributed by atoms with E-state index in [9.17, 15) is 4.79 Å². The van der Waals surface area contributed by atoms with Gasteiger partial charge in [-0.05, 0) is 30.3 Å². The second-order valence-electron chi connectivity index (χ2n) is 4.65. The number of nitrogens with one attached hydrogen (secondary N) is 1. The number of carbonyl (C=O) groups excluding carboxylic acids is 1. The van der Waals surface area contributed by atoms with Crippen molar-refractivity contribution in [1.29, 1.82) is 5.26 Å². The van der Waals surface area contributed by atoms with Gasteiger partial charge >= 0.3 is 0 Å². The number of hydrogen-bond donors (Lipinski definition) is 1. The van der Waals surface area contributed by atoms with Crippen molar-refractivity contribution in [2.24, 2.45) is 0 Å². The van der Waals surface area contributed by atoms with Gasteiger partial charge in [-0.15, -0.1) is 6.42 Å². The topological polar surface area (TPSA) is 69.0 Å². The molecule has 5 heteroatoms. The molecule has 0 atom stereocenters. The number of terminal acetylenes is 1. The van der Waals surface area contributed by atoms with E-state index in [0.717, 1.165) is 0 Å². The van der Waals surface area contributed by atoms with Gasteiger partial charge in [-0.3, -0.25) is 4.79 Å². The summed E-state index contributed by atoms with van der Waals surface area (Å²) in [4.78, 5) is 17.9. The Labute approximate surface area is 129 Å². The molecule has 22 heavy (non-hydrogen) atoms. The van der Waals surface area contributed by atoms with Gasteiger partial charge in [0.25, 0.3) is 0 Å². The summed E-state index contributed by atoms with van der Waals surface area (Å²) >= 11 is 0. The highest BCUT2D eigenvalue weighted by atomic mass is 16.2. The van der Waals surface area contributed by atoms with Crippen LogP contribution in [0.1, 0.15) is 11.1 Å². The fourth-order valence-corrected chi connectivity index (χ4v) is 1.86. The normalized spacial score (nSPS) is 9.41. The molecule has 0 bridgehead atoms. The summed E-state index contributed by atoms with van der Waals surface area (Å²) in [6, 6.07) is 12.5. The Hall–Kier alpha value is -3.31. The average molecular weight is 290 g/mol. The molecule has 0 aliphatic heterocycles. The Kier molecular flexibility index (Phi) is 4.74. The molecular weight excluding hydrogens is 276 g/mol. The maximum absolute atomic E-state index is 12.0. The van der Waals surface area contributed by atoms with E-state index < -0.39 is 0 Å². The van der Waals surface area contributed by atoms with Crippen molar-refractivity contribution in [2.45, 2.75) is 0 Å². The molecule has 1 heterocycles. The highest BCUT2D eigenvalue weighted by Crippen LogP contribution is 2.11. The quantitative estimate of drug-likeness (QED) is 0.875. The third-order valence-corrected chi connectivity index (χ3v) is 2.96. The summed E-state index contributed by atoms with van der Waals surface area (Å²) in [5.74, 6) is 2.96. The molecule has 0 saturated carbocycles. The minimum atomic E-state index is -0.178. The lowest BCUT2D eigenvalue weighted by atomic mass is 10.2. The Balaban J connectivity index is 1.98. The van der Waals surface area contributed by atoms with Gasteiger partial charge in [-0.2, -0.15) is 5.26 Å². The van der Waals surface area contributed by atoms with Gasteiger partial charge in [0.05, 0.1) is 12.1 Å². The molecule has 0 radical (unpaired) electrons. The molecule has 0 fully saturated rings. The summed E-state index contributed by atoms with van der Waals surface area (Å²) in [7, 11) is 1.76. The Bertz CT molecular complexity index is 753. The van der Waals surface area contributed by atoms with Crippen LogP contribution in [0, 0.1) is 23.7 Å². The predicted octanol–water partition coefficient (Wildman–Crippen LogP) is 2.01. The van der Waals surface area contributed by atoms with Crippen LogP contribution in [0.3, 0.4) is 0 Å². The number of rotatable bonds is 4. The highest BCUT2D eigenvalue weighted by molar-refractivity contribution is 5.94. The van der Waals surface area contributed by atoms with E-state index >= 15 is 0 Å². The third-order valence-electron chi connectivity index (χ3n) is 2.96. The van der Waals surface area contributed by atoms with Gasteiger partial charge in [0.15, 0.2) is 0 Å². The van der Waals surface area contributed by atoms with Gasteiger partial charge in [0.2, 0.25) is 5.91 Å². The van der Waals surface area contributed by atoms with Crippen molar-refractivity contribution < 1.29 is 4.79 Å². The number of benzene rings is 1. The lowest BCUT2D eigenvalue weighted by Crippen LogP contribution is -2.30. The first-order chi connectivity index (χ1) is 10.6. The largest absolute Gasteiger partial charge is 0.350 e. The average Bonchev–Trinajstić information content (AvgIpc) is 2.55. The zero-order valence-electron chi connectivity index (χ0n) is 12.1. The number of hydrogen-bond acceptors (Lipinski definition) is 4. The summed E-state index contributed by atoms with van der Waals surface area (Å²) in [5, 5.41) is 11.5. The number of anilines is 2. The lowest BCUT2D eigenvalue weighted by Gasteiger charge is -2.17. The molecule has 1 aromatic carbocycles. The van der Waals surface area contributed by atoms with Crippen molar-refractivity contribution >= 4 is 17.4 Å². The molecule has 0 aliphatic carbocycles. The zero-order valence-corrected chi connectivity index (χ0v) is 12.1. The summed E-state index contributed by atoms with van der Waals surface area (Å²) < 4.78 is 0. The van der Waals surface area contributed by atoms with Gasteiger partial charge < -0.3 is 10.2 Å². The second-order valence-corrected chi connectivity index (χ2v) is 4.65. The molecule has 0 saturated heterocycles. The monoisotopic (exact) mass is 290 g/mol. The van der Waals surface area contributed by atoms with Gasteiger partial charge in [-0.1, -0.05) is 12.0 Å². The van der Waals surface area contributed by atoms with Crippen molar-refractivity contribution in [3.05, 3.63) is 53.7 Å². The number of aromatic nitrogens is 1. The SMILES string of the molecule is C#Cc1cccc(NC(=O)CN(C)c2ccc(C#N)cn2)c1. The van der Waals surface area contributed by atoms with Crippen LogP contribution in [0.15, 0.2) is 42.6 Å². The first-order valence-corrected chi connectivity index (χ1v) is 6.56. The van der Waals surface area contributed by atoms with Crippen LogP contribution in [-0.4, -0.2) is 24.5 Å². The summed E-state index contributed by atoms with van der Waals surface area (Å²) in [6.07, 6.45) is 6.80. The van der Waals surface area contributed by atoms with E-state index in [1.807, 2.05) is 6.07 Å². The Morgan fingerprint density at radius 2 is 2.18 bits per heavy atom. The first-order valence-electron chi connectivity index (χ1n) is 6.56. The number of nitriles is 1. The van der Waals surface area contributed by atoms with Gasteiger partial charge in [-0.25, -0.2) is 4.98 Å². The molecule has 1 amide bonds. The van der Waals surface area contributed by atoms with E-state index in [2.05, 4.69) is 16.2 Å². The molecule has 2 rings (SSSR count). The smallest absolute Gasteiger partial charge is 0.243 e. The van der Waals surface area contributed by atoms with Crippen LogP contribution >= 0.6 is 0 Å².